The first kappa shape index (κ1) is 13.1. The molecule has 1 aliphatic rings. The number of nitrogens with one attached hydrogen (secondary N) is 2. The normalized spacial score (nSPS) is 23.9. The van der Waals surface area contributed by atoms with Gasteiger partial charge in [0.1, 0.15) is 0 Å². The van der Waals surface area contributed by atoms with Crippen molar-refractivity contribution in [3.63, 3.8) is 0 Å². The van der Waals surface area contributed by atoms with Crippen molar-refractivity contribution in [2.75, 3.05) is 6.54 Å². The van der Waals surface area contributed by atoms with E-state index in [0.29, 0.717) is 12.6 Å². The van der Waals surface area contributed by atoms with Crippen LogP contribution in [0, 0.1) is 12.8 Å². The van der Waals surface area contributed by atoms with Gasteiger partial charge >= 0.3 is 0 Å². The fourth-order valence-corrected chi connectivity index (χ4v) is 2.41. The van der Waals surface area contributed by atoms with Crippen molar-refractivity contribution in [2.24, 2.45) is 13.0 Å². The molecule has 2 rings (SSSR count). The van der Waals surface area contributed by atoms with Gasteiger partial charge < -0.3 is 10.6 Å². The summed E-state index contributed by atoms with van der Waals surface area (Å²) >= 11 is 0. The number of carbonyl (C=O) groups excluding carboxylic acids is 1. The highest BCUT2D eigenvalue weighted by Crippen LogP contribution is 2.16. The quantitative estimate of drug-likeness (QED) is 0.831. The molecule has 0 bridgehead atoms. The van der Waals surface area contributed by atoms with Gasteiger partial charge in [0.05, 0.1) is 6.20 Å². The number of nitrogens with zero attached hydrogens (tertiary/aromatic N) is 2. The van der Waals surface area contributed by atoms with Crippen molar-refractivity contribution in [3.8, 4) is 0 Å². The van der Waals surface area contributed by atoms with Crippen molar-refractivity contribution in [1.82, 2.24) is 20.4 Å². The summed E-state index contributed by atoms with van der Waals surface area (Å²) in [6.45, 7) is 5.66. The Kier molecular flexibility index (Phi) is 4.01. The molecule has 1 amide bonds. The zero-order valence-corrected chi connectivity index (χ0v) is 11.4. The third-order valence-corrected chi connectivity index (χ3v) is 3.78. The average Bonchev–Trinajstić information content (AvgIpc) is 2.67. The molecule has 0 aliphatic carbocycles. The zero-order valence-electron chi connectivity index (χ0n) is 11.4. The maximum absolute atomic E-state index is 12.1. The van der Waals surface area contributed by atoms with Crippen LogP contribution in [0.1, 0.15) is 31.0 Å². The summed E-state index contributed by atoms with van der Waals surface area (Å²) in [6.07, 6.45) is 3.68. The van der Waals surface area contributed by atoms with E-state index in [2.05, 4.69) is 22.7 Å². The van der Waals surface area contributed by atoms with E-state index in [1.54, 1.807) is 0 Å². The Balaban J connectivity index is 1.86. The summed E-state index contributed by atoms with van der Waals surface area (Å²) in [5.74, 6) is 0.324. The van der Waals surface area contributed by atoms with Crippen LogP contribution in [-0.4, -0.2) is 28.3 Å². The van der Waals surface area contributed by atoms with Gasteiger partial charge in [-0.25, -0.2) is 0 Å². The molecular formula is C13H22N4O. The number of aromatic nitrogens is 2. The van der Waals surface area contributed by atoms with Gasteiger partial charge in [0, 0.05) is 36.8 Å². The van der Waals surface area contributed by atoms with Crippen LogP contribution in [0.2, 0.25) is 0 Å². The molecule has 0 saturated carbocycles. The smallest absolute Gasteiger partial charge is 0.223 e. The van der Waals surface area contributed by atoms with Crippen LogP contribution in [0.5, 0.6) is 0 Å². The van der Waals surface area contributed by atoms with E-state index in [-0.39, 0.29) is 11.8 Å². The largest absolute Gasteiger partial charge is 0.352 e. The molecule has 2 atom stereocenters. The Morgan fingerprint density at radius 1 is 1.67 bits per heavy atom. The Hall–Kier alpha value is -1.36. The van der Waals surface area contributed by atoms with E-state index in [1.807, 2.05) is 24.9 Å². The summed E-state index contributed by atoms with van der Waals surface area (Å²) in [7, 11) is 1.91. The molecule has 1 aromatic heterocycles. The molecule has 5 nitrogen and oxygen atoms in total. The standard InChI is InChI=1S/C13H22N4O/c1-9-6-11(4-5-14-9)13(18)15-7-12-8-16-17(3)10(12)2/h8-9,11,14H,4-7H2,1-3H3,(H,15,18). The first-order valence-corrected chi connectivity index (χ1v) is 6.56. The van der Waals surface area contributed by atoms with Gasteiger partial charge in [0.25, 0.3) is 0 Å². The van der Waals surface area contributed by atoms with Gasteiger partial charge in [-0.2, -0.15) is 5.10 Å². The molecule has 18 heavy (non-hydrogen) atoms. The third-order valence-electron chi connectivity index (χ3n) is 3.78. The molecule has 1 fully saturated rings. The zero-order chi connectivity index (χ0) is 13.1. The number of amides is 1. The monoisotopic (exact) mass is 250 g/mol. The highest BCUT2D eigenvalue weighted by atomic mass is 16.1. The molecule has 100 valence electrons. The first-order chi connectivity index (χ1) is 8.58. The molecular weight excluding hydrogens is 228 g/mol. The summed E-state index contributed by atoms with van der Waals surface area (Å²) in [4.78, 5) is 12.1. The van der Waals surface area contributed by atoms with Crippen LogP contribution in [0.4, 0.5) is 0 Å². The number of hydrogen-bond acceptors (Lipinski definition) is 3. The molecule has 2 heterocycles. The SMILES string of the molecule is Cc1c(CNC(=O)C2CCNC(C)C2)cnn1C. The van der Waals surface area contributed by atoms with Crippen molar-refractivity contribution >= 4 is 5.91 Å². The number of aryl methyl sites for hydroxylation is 1. The maximum Gasteiger partial charge on any atom is 0.223 e. The second-order valence-corrected chi connectivity index (χ2v) is 5.17. The van der Waals surface area contributed by atoms with Crippen LogP contribution in [-0.2, 0) is 18.4 Å². The second-order valence-electron chi connectivity index (χ2n) is 5.17. The molecule has 2 N–H and O–H groups in total. The van der Waals surface area contributed by atoms with Crippen molar-refractivity contribution in [2.45, 2.75) is 39.3 Å². The highest BCUT2D eigenvalue weighted by Gasteiger charge is 2.24. The number of hydrogen-bond donors (Lipinski definition) is 2. The molecule has 0 spiro atoms. The molecule has 1 aliphatic heterocycles. The van der Waals surface area contributed by atoms with Crippen LogP contribution in [0.25, 0.3) is 0 Å². The molecule has 0 aromatic carbocycles. The van der Waals surface area contributed by atoms with E-state index in [0.717, 1.165) is 30.6 Å². The minimum atomic E-state index is 0.151. The summed E-state index contributed by atoms with van der Waals surface area (Å²) in [5.41, 5.74) is 2.20. The van der Waals surface area contributed by atoms with E-state index >= 15 is 0 Å². The predicted molar refractivity (Wildman–Crippen MR) is 70.0 cm³/mol. The van der Waals surface area contributed by atoms with E-state index in [4.69, 9.17) is 0 Å². The van der Waals surface area contributed by atoms with Crippen LogP contribution >= 0.6 is 0 Å². The van der Waals surface area contributed by atoms with Crippen molar-refractivity contribution in [3.05, 3.63) is 17.5 Å². The fraction of sp³-hybridized carbons (Fsp3) is 0.692. The maximum atomic E-state index is 12.1. The van der Waals surface area contributed by atoms with E-state index in [1.165, 1.54) is 0 Å². The molecule has 5 heteroatoms. The number of carbonyl (C=O) groups is 1. The minimum absolute atomic E-state index is 0.151. The first-order valence-electron chi connectivity index (χ1n) is 6.56. The van der Waals surface area contributed by atoms with Gasteiger partial charge in [-0.15, -0.1) is 0 Å². The second kappa shape index (κ2) is 5.52. The summed E-state index contributed by atoms with van der Waals surface area (Å²) < 4.78 is 1.83. The summed E-state index contributed by atoms with van der Waals surface area (Å²) in [6, 6.07) is 0.439. The fourth-order valence-electron chi connectivity index (χ4n) is 2.41. The minimum Gasteiger partial charge on any atom is -0.352 e. The lowest BCUT2D eigenvalue weighted by molar-refractivity contribution is -0.126. The van der Waals surface area contributed by atoms with Gasteiger partial charge in [-0.1, -0.05) is 0 Å². The Morgan fingerprint density at radius 3 is 3.06 bits per heavy atom. The van der Waals surface area contributed by atoms with Gasteiger partial charge in [0.2, 0.25) is 5.91 Å². The number of rotatable bonds is 3. The van der Waals surface area contributed by atoms with E-state index in [9.17, 15) is 4.79 Å². The van der Waals surface area contributed by atoms with Crippen LogP contribution in [0.3, 0.4) is 0 Å². The van der Waals surface area contributed by atoms with Crippen molar-refractivity contribution in [1.29, 1.82) is 0 Å². The molecule has 0 radical (unpaired) electrons. The predicted octanol–water partition coefficient (Wildman–Crippen LogP) is 0.733. The third kappa shape index (κ3) is 2.90. The summed E-state index contributed by atoms with van der Waals surface area (Å²) in [5, 5.41) is 10.6. The van der Waals surface area contributed by atoms with Crippen LogP contribution < -0.4 is 10.6 Å². The Bertz CT molecular complexity index is 427. The average molecular weight is 250 g/mol. The lowest BCUT2D eigenvalue weighted by Crippen LogP contribution is -2.42. The van der Waals surface area contributed by atoms with E-state index < -0.39 is 0 Å². The molecule has 2 unspecified atom stereocenters. The highest BCUT2D eigenvalue weighted by molar-refractivity contribution is 5.78. The van der Waals surface area contributed by atoms with Crippen LogP contribution in [0.15, 0.2) is 6.20 Å². The van der Waals surface area contributed by atoms with Crippen molar-refractivity contribution < 1.29 is 4.79 Å². The van der Waals surface area contributed by atoms with Gasteiger partial charge in [-0.05, 0) is 33.2 Å². The number of piperidine rings is 1. The Morgan fingerprint density at radius 2 is 2.44 bits per heavy atom. The molecule has 1 aromatic rings. The molecule has 1 saturated heterocycles. The Labute approximate surface area is 108 Å². The lowest BCUT2D eigenvalue weighted by atomic mass is 9.92. The topological polar surface area (TPSA) is 59.0 Å². The van der Waals surface area contributed by atoms with Gasteiger partial charge in [-0.3, -0.25) is 9.48 Å². The van der Waals surface area contributed by atoms with Gasteiger partial charge in [0.15, 0.2) is 0 Å². The lowest BCUT2D eigenvalue weighted by Gasteiger charge is -2.27.